The van der Waals surface area contributed by atoms with E-state index in [-0.39, 0.29) is 5.91 Å². The van der Waals surface area contributed by atoms with Crippen LogP contribution in [-0.2, 0) is 6.54 Å². The second-order valence-corrected chi connectivity index (χ2v) is 6.44. The van der Waals surface area contributed by atoms with Crippen LogP contribution < -0.4 is 10.6 Å². The van der Waals surface area contributed by atoms with Crippen LogP contribution in [0.4, 0.5) is 10.9 Å². The third kappa shape index (κ3) is 3.97. The fourth-order valence-corrected chi connectivity index (χ4v) is 3.07. The highest BCUT2D eigenvalue weighted by Crippen LogP contribution is 2.25. The summed E-state index contributed by atoms with van der Waals surface area (Å²) in [6.07, 6.45) is 1.71. The molecule has 2 heterocycles. The van der Waals surface area contributed by atoms with Gasteiger partial charge in [0.05, 0.1) is 5.69 Å². The molecule has 2 aromatic heterocycles. The van der Waals surface area contributed by atoms with E-state index in [0.29, 0.717) is 28.1 Å². The van der Waals surface area contributed by atoms with E-state index in [1.807, 2.05) is 56.3 Å². The Morgan fingerprint density at radius 3 is 2.62 bits per heavy atom. The average Bonchev–Trinajstić information content (AvgIpc) is 2.95. The van der Waals surface area contributed by atoms with Gasteiger partial charge in [-0.1, -0.05) is 47.2 Å². The number of carbonyl (C=O) groups excluding carboxylic acids is 1. The molecule has 0 bridgehead atoms. The van der Waals surface area contributed by atoms with E-state index in [4.69, 9.17) is 0 Å². The van der Waals surface area contributed by atoms with Crippen LogP contribution in [0, 0.1) is 13.8 Å². The number of carbonyl (C=O) groups is 1. The van der Waals surface area contributed by atoms with Crippen molar-refractivity contribution in [3.63, 3.8) is 0 Å². The molecule has 3 rings (SSSR count). The van der Waals surface area contributed by atoms with E-state index in [1.165, 1.54) is 16.9 Å². The smallest absolute Gasteiger partial charge is 0.263 e. The number of benzene rings is 1. The number of amides is 1. The van der Waals surface area contributed by atoms with E-state index in [2.05, 4.69) is 20.6 Å². The van der Waals surface area contributed by atoms with E-state index < -0.39 is 0 Å². The minimum absolute atomic E-state index is 0.111. The van der Waals surface area contributed by atoms with Crippen LogP contribution in [0.2, 0.25) is 0 Å². The number of rotatable bonds is 5. The number of thiazole rings is 1. The highest BCUT2D eigenvalue weighted by atomic mass is 32.1. The summed E-state index contributed by atoms with van der Waals surface area (Å²) in [4.78, 5) is 21.6. The predicted octanol–water partition coefficient (Wildman–Crippen LogP) is 3.83. The van der Waals surface area contributed by atoms with E-state index in [1.54, 1.807) is 6.20 Å². The molecule has 24 heavy (non-hydrogen) atoms. The number of nitrogens with one attached hydrogen (secondary N) is 2. The van der Waals surface area contributed by atoms with Crippen LogP contribution in [0.25, 0.3) is 0 Å². The predicted molar refractivity (Wildman–Crippen MR) is 96.7 cm³/mol. The zero-order chi connectivity index (χ0) is 16.9. The highest BCUT2D eigenvalue weighted by Gasteiger charge is 2.15. The average molecular weight is 338 g/mol. The molecule has 0 spiro atoms. The van der Waals surface area contributed by atoms with Gasteiger partial charge in [-0.05, 0) is 31.5 Å². The summed E-state index contributed by atoms with van der Waals surface area (Å²) in [5.41, 5.74) is 2.98. The van der Waals surface area contributed by atoms with Gasteiger partial charge in [0, 0.05) is 12.7 Å². The second-order valence-electron chi connectivity index (χ2n) is 5.44. The number of aryl methyl sites for hydroxylation is 2. The fraction of sp³-hybridized carbons (Fsp3) is 0.167. The Labute approximate surface area is 144 Å². The molecule has 122 valence electrons. The molecule has 0 aliphatic rings. The molecule has 5 nitrogen and oxygen atoms in total. The molecule has 6 heteroatoms. The molecule has 0 saturated carbocycles. The first-order valence-corrected chi connectivity index (χ1v) is 8.43. The standard InChI is InChI=1S/C18H18N4OS/c1-12-6-8-14(9-7-12)11-20-17(23)16-13(2)21-18(24-16)22-15-5-3-4-10-19-15/h3-10H,11H2,1-2H3,(H,20,23)(H,19,21,22). The lowest BCUT2D eigenvalue weighted by atomic mass is 10.1. The fourth-order valence-electron chi connectivity index (χ4n) is 2.18. The minimum Gasteiger partial charge on any atom is -0.347 e. The third-order valence-electron chi connectivity index (χ3n) is 3.48. The van der Waals surface area contributed by atoms with Gasteiger partial charge >= 0.3 is 0 Å². The first kappa shape index (κ1) is 16.1. The Hall–Kier alpha value is -2.73. The van der Waals surface area contributed by atoms with Crippen LogP contribution in [0.5, 0.6) is 0 Å². The van der Waals surface area contributed by atoms with Crippen LogP contribution >= 0.6 is 11.3 Å². The first-order valence-electron chi connectivity index (χ1n) is 7.61. The van der Waals surface area contributed by atoms with Crippen molar-refractivity contribution in [3.8, 4) is 0 Å². The Bertz CT molecular complexity index is 828. The molecule has 0 unspecified atom stereocenters. The van der Waals surface area contributed by atoms with Crippen molar-refractivity contribution >= 4 is 28.2 Å². The van der Waals surface area contributed by atoms with Crippen LogP contribution in [0.15, 0.2) is 48.7 Å². The van der Waals surface area contributed by atoms with Crippen molar-refractivity contribution < 1.29 is 4.79 Å². The minimum atomic E-state index is -0.111. The Morgan fingerprint density at radius 1 is 1.12 bits per heavy atom. The molecule has 1 aromatic carbocycles. The molecule has 0 aliphatic heterocycles. The maximum absolute atomic E-state index is 12.4. The zero-order valence-electron chi connectivity index (χ0n) is 13.5. The number of hydrogen-bond donors (Lipinski definition) is 2. The van der Waals surface area contributed by atoms with Crippen molar-refractivity contribution in [2.75, 3.05) is 5.32 Å². The SMILES string of the molecule is Cc1ccc(CNC(=O)c2sc(Nc3ccccn3)nc2C)cc1. The summed E-state index contributed by atoms with van der Waals surface area (Å²) in [5, 5.41) is 6.72. The number of pyridine rings is 1. The summed E-state index contributed by atoms with van der Waals surface area (Å²) in [7, 11) is 0. The quantitative estimate of drug-likeness (QED) is 0.742. The highest BCUT2D eigenvalue weighted by molar-refractivity contribution is 7.17. The zero-order valence-corrected chi connectivity index (χ0v) is 14.4. The molecule has 0 fully saturated rings. The van der Waals surface area contributed by atoms with Crippen LogP contribution in [-0.4, -0.2) is 15.9 Å². The van der Waals surface area contributed by atoms with Gasteiger partial charge in [0.15, 0.2) is 5.13 Å². The van der Waals surface area contributed by atoms with Crippen molar-refractivity contribution in [2.24, 2.45) is 0 Å². The van der Waals surface area contributed by atoms with E-state index in [9.17, 15) is 4.79 Å². The first-order chi connectivity index (χ1) is 11.6. The summed E-state index contributed by atoms with van der Waals surface area (Å²) >= 11 is 1.33. The number of hydrogen-bond acceptors (Lipinski definition) is 5. The third-order valence-corrected chi connectivity index (χ3v) is 4.55. The van der Waals surface area contributed by atoms with Gasteiger partial charge < -0.3 is 10.6 Å². The Morgan fingerprint density at radius 2 is 1.92 bits per heavy atom. The molecule has 0 radical (unpaired) electrons. The van der Waals surface area contributed by atoms with Gasteiger partial charge in [-0.3, -0.25) is 4.79 Å². The molecule has 2 N–H and O–H groups in total. The van der Waals surface area contributed by atoms with Crippen molar-refractivity contribution in [1.82, 2.24) is 15.3 Å². The van der Waals surface area contributed by atoms with Gasteiger partial charge in [0.2, 0.25) is 0 Å². The number of anilines is 2. The molecule has 0 saturated heterocycles. The van der Waals surface area contributed by atoms with Gasteiger partial charge in [-0.25, -0.2) is 9.97 Å². The number of aromatic nitrogens is 2. The molecule has 3 aromatic rings. The maximum atomic E-state index is 12.4. The molecular formula is C18H18N4OS. The summed E-state index contributed by atoms with van der Waals surface area (Å²) in [6, 6.07) is 13.7. The topological polar surface area (TPSA) is 66.9 Å². The van der Waals surface area contributed by atoms with Gasteiger partial charge in [-0.15, -0.1) is 0 Å². The Balaban J connectivity index is 1.65. The lowest BCUT2D eigenvalue weighted by Gasteiger charge is -2.04. The van der Waals surface area contributed by atoms with Crippen molar-refractivity contribution in [3.05, 3.63) is 70.4 Å². The van der Waals surface area contributed by atoms with E-state index in [0.717, 1.165) is 5.56 Å². The largest absolute Gasteiger partial charge is 0.347 e. The van der Waals surface area contributed by atoms with Crippen molar-refractivity contribution in [1.29, 1.82) is 0 Å². The lowest BCUT2D eigenvalue weighted by molar-refractivity contribution is 0.0954. The molecule has 0 aliphatic carbocycles. The van der Waals surface area contributed by atoms with E-state index >= 15 is 0 Å². The molecule has 0 atom stereocenters. The van der Waals surface area contributed by atoms with Gasteiger partial charge in [-0.2, -0.15) is 0 Å². The monoisotopic (exact) mass is 338 g/mol. The summed E-state index contributed by atoms with van der Waals surface area (Å²) in [6.45, 7) is 4.37. The summed E-state index contributed by atoms with van der Waals surface area (Å²) < 4.78 is 0. The van der Waals surface area contributed by atoms with Crippen molar-refractivity contribution in [2.45, 2.75) is 20.4 Å². The second kappa shape index (κ2) is 7.23. The molecular weight excluding hydrogens is 320 g/mol. The van der Waals surface area contributed by atoms with Gasteiger partial charge in [0.25, 0.3) is 5.91 Å². The molecule has 1 amide bonds. The van der Waals surface area contributed by atoms with Gasteiger partial charge in [0.1, 0.15) is 10.7 Å². The summed E-state index contributed by atoms with van der Waals surface area (Å²) in [5.74, 6) is 0.595. The maximum Gasteiger partial charge on any atom is 0.263 e. The van der Waals surface area contributed by atoms with Crippen LogP contribution in [0.3, 0.4) is 0 Å². The number of nitrogens with zero attached hydrogens (tertiary/aromatic N) is 2. The lowest BCUT2D eigenvalue weighted by Crippen LogP contribution is -2.22. The Kier molecular flexibility index (Phi) is 4.86. The normalized spacial score (nSPS) is 10.4. The van der Waals surface area contributed by atoms with Crippen LogP contribution in [0.1, 0.15) is 26.5 Å².